The molecule has 0 aliphatic heterocycles. The minimum atomic E-state index is 0.181. The second-order valence-corrected chi connectivity index (χ2v) is 4.75. The van der Waals surface area contributed by atoms with Crippen molar-refractivity contribution in [1.29, 1.82) is 0 Å². The van der Waals surface area contributed by atoms with Crippen LogP contribution in [0, 0.1) is 0 Å². The Morgan fingerprint density at radius 2 is 2.00 bits per heavy atom. The monoisotopic (exact) mass is 260 g/mol. The number of nitrogens with one attached hydrogen (secondary N) is 1. The van der Waals surface area contributed by atoms with Gasteiger partial charge in [-0.2, -0.15) is 0 Å². The van der Waals surface area contributed by atoms with E-state index in [0.717, 1.165) is 17.9 Å². The third kappa shape index (κ3) is 3.59. The summed E-state index contributed by atoms with van der Waals surface area (Å²) in [5, 5.41) is 13.1. The second kappa shape index (κ2) is 6.41. The Kier molecular flexibility index (Phi) is 4.60. The van der Waals surface area contributed by atoms with Gasteiger partial charge in [-0.1, -0.05) is 18.2 Å². The molecule has 0 amide bonds. The van der Waals surface area contributed by atoms with Gasteiger partial charge >= 0.3 is 0 Å². The second-order valence-electron chi connectivity index (χ2n) is 4.75. The van der Waals surface area contributed by atoms with Gasteiger partial charge in [0.1, 0.15) is 11.5 Å². The van der Waals surface area contributed by atoms with Crippen molar-refractivity contribution in [3.8, 4) is 5.75 Å². The van der Waals surface area contributed by atoms with Crippen LogP contribution in [-0.4, -0.2) is 30.6 Å². The highest BCUT2D eigenvalue weighted by atomic mass is 16.3. The number of likely N-dealkylation sites (N-methyl/N-ethyl adjacent to an activating group) is 1. The molecule has 1 aromatic heterocycles. The van der Waals surface area contributed by atoms with Crippen LogP contribution in [0.5, 0.6) is 5.75 Å². The van der Waals surface area contributed by atoms with Crippen molar-refractivity contribution < 1.29 is 9.52 Å². The summed E-state index contributed by atoms with van der Waals surface area (Å²) < 4.78 is 5.45. The van der Waals surface area contributed by atoms with E-state index in [-0.39, 0.29) is 6.04 Å². The summed E-state index contributed by atoms with van der Waals surface area (Å²) in [5.41, 5.74) is 0.902. The number of para-hydroxylation sites is 1. The zero-order valence-corrected chi connectivity index (χ0v) is 11.3. The molecule has 0 aliphatic carbocycles. The van der Waals surface area contributed by atoms with Gasteiger partial charge in [-0.3, -0.25) is 4.90 Å². The van der Waals surface area contributed by atoms with Crippen molar-refractivity contribution in [3.63, 3.8) is 0 Å². The van der Waals surface area contributed by atoms with Crippen molar-refractivity contribution in [2.75, 3.05) is 20.6 Å². The summed E-state index contributed by atoms with van der Waals surface area (Å²) >= 11 is 0. The molecule has 0 radical (unpaired) electrons. The molecule has 1 unspecified atom stereocenters. The van der Waals surface area contributed by atoms with E-state index in [1.165, 1.54) is 0 Å². The summed E-state index contributed by atoms with van der Waals surface area (Å²) in [6.45, 7) is 1.40. The molecule has 0 bridgehead atoms. The average Bonchev–Trinajstić information content (AvgIpc) is 2.89. The molecule has 0 spiro atoms. The van der Waals surface area contributed by atoms with Crippen molar-refractivity contribution in [3.05, 3.63) is 54.0 Å². The van der Waals surface area contributed by atoms with Crippen molar-refractivity contribution >= 4 is 0 Å². The Balaban J connectivity index is 1.92. The van der Waals surface area contributed by atoms with Gasteiger partial charge < -0.3 is 14.8 Å². The van der Waals surface area contributed by atoms with E-state index in [4.69, 9.17) is 4.42 Å². The lowest BCUT2D eigenvalue weighted by Crippen LogP contribution is -2.30. The first kappa shape index (κ1) is 13.6. The average molecular weight is 260 g/mol. The maximum Gasteiger partial charge on any atom is 0.122 e. The van der Waals surface area contributed by atoms with E-state index in [1.807, 2.05) is 44.4 Å². The fourth-order valence-corrected chi connectivity index (χ4v) is 2.02. The molecule has 19 heavy (non-hydrogen) atoms. The predicted octanol–water partition coefficient (Wildman–Crippen LogP) is 2.38. The van der Waals surface area contributed by atoms with Crippen LogP contribution < -0.4 is 5.32 Å². The number of phenols is 1. The Bertz CT molecular complexity index is 495. The number of rotatable bonds is 6. The maximum absolute atomic E-state index is 9.70. The van der Waals surface area contributed by atoms with Gasteiger partial charge in [-0.05, 0) is 32.3 Å². The Morgan fingerprint density at radius 3 is 2.63 bits per heavy atom. The van der Waals surface area contributed by atoms with Crippen molar-refractivity contribution in [1.82, 2.24) is 10.2 Å². The van der Waals surface area contributed by atoms with Crippen LogP contribution in [0.1, 0.15) is 17.4 Å². The van der Waals surface area contributed by atoms with Crippen LogP contribution in [0.4, 0.5) is 0 Å². The standard InChI is InChI=1S/C15H20N2O2/c1-17(2)13(15-8-5-9-19-15)11-16-10-12-6-3-4-7-14(12)18/h3-9,13,16,18H,10-11H2,1-2H3. The minimum absolute atomic E-state index is 0.181. The lowest BCUT2D eigenvalue weighted by molar-refractivity contribution is 0.250. The first-order chi connectivity index (χ1) is 9.18. The van der Waals surface area contributed by atoms with Gasteiger partial charge in [-0.15, -0.1) is 0 Å². The maximum atomic E-state index is 9.70. The Labute approximate surface area is 113 Å². The van der Waals surface area contributed by atoms with Crippen LogP contribution in [-0.2, 0) is 6.54 Å². The largest absolute Gasteiger partial charge is 0.508 e. The molecule has 0 fully saturated rings. The molecule has 0 saturated carbocycles. The van der Waals surface area contributed by atoms with E-state index in [9.17, 15) is 5.11 Å². The molecule has 1 aromatic carbocycles. The molecule has 0 aliphatic rings. The molecule has 4 heteroatoms. The lowest BCUT2D eigenvalue weighted by Gasteiger charge is -2.22. The van der Waals surface area contributed by atoms with Crippen LogP contribution in [0.3, 0.4) is 0 Å². The topological polar surface area (TPSA) is 48.6 Å². The highest BCUT2D eigenvalue weighted by molar-refractivity contribution is 5.31. The molecule has 0 saturated heterocycles. The highest BCUT2D eigenvalue weighted by Crippen LogP contribution is 2.19. The van der Waals surface area contributed by atoms with Gasteiger partial charge in [0.15, 0.2) is 0 Å². The van der Waals surface area contributed by atoms with Crippen LogP contribution in [0.2, 0.25) is 0 Å². The van der Waals surface area contributed by atoms with Crippen molar-refractivity contribution in [2.45, 2.75) is 12.6 Å². The van der Waals surface area contributed by atoms with E-state index >= 15 is 0 Å². The first-order valence-corrected chi connectivity index (χ1v) is 6.36. The van der Waals surface area contributed by atoms with E-state index in [1.54, 1.807) is 12.3 Å². The number of aromatic hydroxyl groups is 1. The Morgan fingerprint density at radius 1 is 1.21 bits per heavy atom. The summed E-state index contributed by atoms with van der Waals surface area (Å²) in [6, 6.07) is 11.4. The van der Waals surface area contributed by atoms with Gasteiger partial charge in [0, 0.05) is 18.7 Å². The first-order valence-electron chi connectivity index (χ1n) is 6.36. The van der Waals surface area contributed by atoms with E-state index in [2.05, 4.69) is 10.2 Å². The normalized spacial score (nSPS) is 12.8. The quantitative estimate of drug-likeness (QED) is 0.837. The summed E-state index contributed by atoms with van der Waals surface area (Å²) in [7, 11) is 4.05. The fraction of sp³-hybridized carbons (Fsp3) is 0.333. The van der Waals surface area contributed by atoms with Gasteiger partial charge in [0.25, 0.3) is 0 Å². The smallest absolute Gasteiger partial charge is 0.122 e. The van der Waals surface area contributed by atoms with Crippen molar-refractivity contribution in [2.24, 2.45) is 0 Å². The molecular weight excluding hydrogens is 240 g/mol. The van der Waals surface area contributed by atoms with Crippen LogP contribution in [0.15, 0.2) is 47.1 Å². The van der Waals surface area contributed by atoms with Gasteiger partial charge in [0.2, 0.25) is 0 Å². The third-order valence-corrected chi connectivity index (χ3v) is 3.14. The number of furan rings is 1. The number of hydrogen-bond donors (Lipinski definition) is 2. The molecule has 1 atom stereocenters. The van der Waals surface area contributed by atoms with Crippen LogP contribution >= 0.6 is 0 Å². The molecule has 4 nitrogen and oxygen atoms in total. The number of benzene rings is 1. The summed E-state index contributed by atoms with van der Waals surface area (Å²) in [4.78, 5) is 2.11. The fourth-order valence-electron chi connectivity index (χ4n) is 2.02. The number of phenolic OH excluding ortho intramolecular Hbond substituents is 1. The zero-order valence-electron chi connectivity index (χ0n) is 11.3. The molecule has 1 heterocycles. The zero-order chi connectivity index (χ0) is 13.7. The highest BCUT2D eigenvalue weighted by Gasteiger charge is 2.16. The minimum Gasteiger partial charge on any atom is -0.508 e. The third-order valence-electron chi connectivity index (χ3n) is 3.14. The number of hydrogen-bond acceptors (Lipinski definition) is 4. The molecule has 102 valence electrons. The molecule has 2 rings (SSSR count). The molecule has 2 N–H and O–H groups in total. The summed E-state index contributed by atoms with van der Waals surface area (Å²) in [6.07, 6.45) is 1.69. The molecule has 2 aromatic rings. The van der Waals surface area contributed by atoms with Crippen LogP contribution in [0.25, 0.3) is 0 Å². The Hall–Kier alpha value is -1.78. The van der Waals surface area contributed by atoms with E-state index < -0.39 is 0 Å². The molecular formula is C15H20N2O2. The SMILES string of the molecule is CN(C)C(CNCc1ccccc1O)c1ccco1. The van der Waals surface area contributed by atoms with Gasteiger partial charge in [0.05, 0.1) is 12.3 Å². The summed E-state index contributed by atoms with van der Waals surface area (Å²) in [5.74, 6) is 1.27. The number of nitrogens with zero attached hydrogens (tertiary/aromatic N) is 1. The predicted molar refractivity (Wildman–Crippen MR) is 74.9 cm³/mol. The van der Waals surface area contributed by atoms with E-state index in [0.29, 0.717) is 12.3 Å². The van der Waals surface area contributed by atoms with Gasteiger partial charge in [-0.25, -0.2) is 0 Å². The lowest BCUT2D eigenvalue weighted by atomic mass is 10.1.